The molecule has 8 aromatic carbocycles. The minimum atomic E-state index is 0.877. The van der Waals surface area contributed by atoms with E-state index >= 15 is 0 Å². The van der Waals surface area contributed by atoms with Crippen LogP contribution in [0.3, 0.4) is 0 Å². The maximum absolute atomic E-state index is 6.43. The van der Waals surface area contributed by atoms with Crippen molar-refractivity contribution in [1.82, 2.24) is 9.55 Å². The summed E-state index contributed by atoms with van der Waals surface area (Å²) in [7, 11) is 0. The van der Waals surface area contributed by atoms with Crippen molar-refractivity contribution in [3.05, 3.63) is 205 Å². The molecule has 0 saturated carbocycles. The van der Waals surface area contributed by atoms with Crippen LogP contribution in [0.25, 0.3) is 117 Å². The Balaban J connectivity index is 0.892. The van der Waals surface area contributed by atoms with E-state index in [1.165, 1.54) is 38.6 Å². The molecule has 0 unspecified atom stereocenters. The number of aromatic nitrogens is 2. The number of pyridine rings is 1. The van der Waals surface area contributed by atoms with Gasteiger partial charge in [0.2, 0.25) is 0 Å². The maximum atomic E-state index is 6.43. The van der Waals surface area contributed by atoms with Gasteiger partial charge in [0.1, 0.15) is 28.1 Å². The number of benzene rings is 8. The van der Waals surface area contributed by atoms with E-state index in [-0.39, 0.29) is 0 Å². The average Bonchev–Trinajstić information content (AvgIpc) is 4.04. The molecule has 0 N–H and O–H groups in total. The van der Waals surface area contributed by atoms with Gasteiger partial charge in [-0.05, 0) is 99.1 Å². The van der Waals surface area contributed by atoms with Gasteiger partial charge < -0.3 is 8.83 Å². The highest BCUT2D eigenvalue weighted by molar-refractivity contribution is 6.14. The lowest BCUT2D eigenvalue weighted by Gasteiger charge is -2.09. The number of hydrogen-bond donors (Lipinski definition) is 0. The standard InChI is InChI=1S/C55H32N2O2/c1-2-12-39-38(11-1)46(40-26-24-34(30-47(39)40)36-16-9-18-44-42-14-4-7-21-51(42)58-54(36)44)29-33-23-28-53(56-32-33)57-49-20-6-3-13-41(49)48-31-35(25-27-50(48)57)37-17-10-19-45-43-15-5-8-22-52(43)59-55(37)45/h1-32H/b46-29-. The van der Waals surface area contributed by atoms with E-state index in [0.29, 0.717) is 0 Å². The van der Waals surface area contributed by atoms with Gasteiger partial charge >= 0.3 is 0 Å². The highest BCUT2D eigenvalue weighted by atomic mass is 16.3. The first-order valence-corrected chi connectivity index (χ1v) is 20.0. The van der Waals surface area contributed by atoms with E-state index in [1.807, 2.05) is 30.5 Å². The quantitative estimate of drug-likeness (QED) is 0.180. The lowest BCUT2D eigenvalue weighted by atomic mass is 9.96. The molecule has 59 heavy (non-hydrogen) atoms. The molecular weight excluding hydrogens is 721 g/mol. The second-order valence-corrected chi connectivity index (χ2v) is 15.5. The molecule has 0 fully saturated rings. The minimum absolute atomic E-state index is 0.877. The Hall–Kier alpha value is -7.95. The van der Waals surface area contributed by atoms with Gasteiger partial charge in [-0.3, -0.25) is 4.57 Å². The van der Waals surface area contributed by atoms with Crippen molar-refractivity contribution in [3.8, 4) is 39.2 Å². The van der Waals surface area contributed by atoms with Crippen LogP contribution in [0, 0.1) is 0 Å². The molecule has 0 radical (unpaired) electrons. The lowest BCUT2D eigenvalue weighted by molar-refractivity contribution is 0.669. The summed E-state index contributed by atoms with van der Waals surface area (Å²) < 4.78 is 15.1. The number of nitrogens with zero attached hydrogens (tertiary/aromatic N) is 2. The average molecular weight is 753 g/mol. The highest BCUT2D eigenvalue weighted by Gasteiger charge is 2.25. The third-order valence-corrected chi connectivity index (χ3v) is 12.2. The summed E-state index contributed by atoms with van der Waals surface area (Å²) in [6.07, 6.45) is 4.27. The molecule has 0 spiro atoms. The van der Waals surface area contributed by atoms with Crippen molar-refractivity contribution >= 4 is 77.3 Å². The number of para-hydroxylation sites is 5. The smallest absolute Gasteiger partial charge is 0.143 e. The molecule has 1 aliphatic carbocycles. The predicted octanol–water partition coefficient (Wildman–Crippen LogP) is 14.9. The summed E-state index contributed by atoms with van der Waals surface area (Å²) in [5.74, 6) is 0.877. The number of furan rings is 2. The normalized spacial score (nSPS) is 13.1. The molecule has 13 rings (SSSR count). The van der Waals surface area contributed by atoms with Crippen LogP contribution in [0.2, 0.25) is 0 Å². The fourth-order valence-corrected chi connectivity index (χ4v) is 9.54. The van der Waals surface area contributed by atoms with E-state index < -0.39 is 0 Å². The van der Waals surface area contributed by atoms with Crippen molar-refractivity contribution < 1.29 is 8.83 Å². The van der Waals surface area contributed by atoms with Crippen molar-refractivity contribution in [2.45, 2.75) is 0 Å². The summed E-state index contributed by atoms with van der Waals surface area (Å²) in [6, 6.07) is 64.6. The third kappa shape index (κ3) is 4.75. The van der Waals surface area contributed by atoms with E-state index in [0.717, 1.165) is 88.5 Å². The second-order valence-electron chi connectivity index (χ2n) is 15.5. The Morgan fingerprint density at radius 1 is 0.390 bits per heavy atom. The maximum Gasteiger partial charge on any atom is 0.143 e. The van der Waals surface area contributed by atoms with Crippen molar-refractivity contribution in [1.29, 1.82) is 0 Å². The monoisotopic (exact) mass is 752 g/mol. The van der Waals surface area contributed by atoms with Crippen molar-refractivity contribution in [2.75, 3.05) is 0 Å². The Kier molecular flexibility index (Phi) is 6.69. The molecule has 0 bridgehead atoms. The molecule has 0 aliphatic heterocycles. The van der Waals surface area contributed by atoms with Gasteiger partial charge in [0.15, 0.2) is 0 Å². The second kappa shape index (κ2) is 12.3. The van der Waals surface area contributed by atoms with Crippen LogP contribution in [0.5, 0.6) is 0 Å². The van der Waals surface area contributed by atoms with Gasteiger partial charge in [-0.2, -0.15) is 0 Å². The molecule has 4 heterocycles. The van der Waals surface area contributed by atoms with Crippen molar-refractivity contribution in [3.63, 3.8) is 0 Å². The Labute approximate surface area is 338 Å². The van der Waals surface area contributed by atoms with Crippen LogP contribution in [-0.4, -0.2) is 9.55 Å². The van der Waals surface area contributed by atoms with Gasteiger partial charge in [0, 0.05) is 49.6 Å². The molecular formula is C55H32N2O2. The van der Waals surface area contributed by atoms with Crippen LogP contribution in [0.4, 0.5) is 0 Å². The first-order valence-electron chi connectivity index (χ1n) is 20.0. The van der Waals surface area contributed by atoms with E-state index in [4.69, 9.17) is 13.8 Å². The summed E-state index contributed by atoms with van der Waals surface area (Å²) in [5.41, 5.74) is 17.5. The fourth-order valence-electron chi connectivity index (χ4n) is 9.54. The van der Waals surface area contributed by atoms with Gasteiger partial charge in [0.25, 0.3) is 0 Å². The van der Waals surface area contributed by atoms with E-state index in [2.05, 4.69) is 168 Å². The SMILES string of the molecule is C(=C1\c2ccccc2-c2cc(-c3cccc4c3oc3ccccc34)ccc21)/c1ccc(-n2c3ccccc3c3cc(-c4cccc5c4oc4ccccc45)ccc32)nc1. The highest BCUT2D eigenvalue weighted by Crippen LogP contribution is 2.47. The summed E-state index contributed by atoms with van der Waals surface area (Å²) in [5, 5.41) is 6.90. The molecule has 4 nitrogen and oxygen atoms in total. The van der Waals surface area contributed by atoms with Gasteiger partial charge in [-0.15, -0.1) is 0 Å². The molecule has 4 heteroatoms. The molecule has 1 aliphatic rings. The Bertz CT molecular complexity index is 3730. The largest absolute Gasteiger partial charge is 0.455 e. The fraction of sp³-hybridized carbons (Fsp3) is 0. The topological polar surface area (TPSA) is 44.1 Å². The molecule has 0 atom stereocenters. The van der Waals surface area contributed by atoms with Crippen molar-refractivity contribution in [2.24, 2.45) is 0 Å². The molecule has 274 valence electrons. The van der Waals surface area contributed by atoms with Gasteiger partial charge in [-0.25, -0.2) is 4.98 Å². The summed E-state index contributed by atoms with van der Waals surface area (Å²) >= 11 is 0. The zero-order valence-electron chi connectivity index (χ0n) is 31.7. The molecule has 4 aromatic heterocycles. The van der Waals surface area contributed by atoms with Crippen LogP contribution >= 0.6 is 0 Å². The molecule has 0 saturated heterocycles. The number of fused-ring (bicyclic) bond motifs is 12. The number of rotatable bonds is 4. The van der Waals surface area contributed by atoms with Gasteiger partial charge in [0.05, 0.1) is 11.0 Å². The first-order chi connectivity index (χ1) is 29.2. The Morgan fingerprint density at radius 2 is 0.949 bits per heavy atom. The van der Waals surface area contributed by atoms with Crippen LogP contribution in [0.15, 0.2) is 197 Å². The third-order valence-electron chi connectivity index (χ3n) is 12.2. The predicted molar refractivity (Wildman–Crippen MR) is 243 cm³/mol. The Morgan fingerprint density at radius 3 is 1.66 bits per heavy atom. The zero-order valence-corrected chi connectivity index (χ0v) is 31.7. The van der Waals surface area contributed by atoms with E-state index in [1.54, 1.807) is 0 Å². The molecule has 0 amide bonds. The van der Waals surface area contributed by atoms with Crippen LogP contribution in [0.1, 0.15) is 16.7 Å². The van der Waals surface area contributed by atoms with Crippen LogP contribution in [-0.2, 0) is 0 Å². The minimum Gasteiger partial charge on any atom is -0.455 e. The lowest BCUT2D eigenvalue weighted by Crippen LogP contribution is -1.97. The summed E-state index contributed by atoms with van der Waals surface area (Å²) in [4.78, 5) is 5.11. The number of hydrogen-bond acceptors (Lipinski definition) is 3. The zero-order chi connectivity index (χ0) is 38.6. The summed E-state index contributed by atoms with van der Waals surface area (Å²) in [6.45, 7) is 0. The van der Waals surface area contributed by atoms with E-state index in [9.17, 15) is 0 Å². The van der Waals surface area contributed by atoms with Crippen LogP contribution < -0.4 is 0 Å². The molecule has 12 aromatic rings. The first kappa shape index (κ1) is 32.2. The van der Waals surface area contributed by atoms with Gasteiger partial charge in [-0.1, -0.05) is 133 Å².